The van der Waals surface area contributed by atoms with E-state index in [1.807, 2.05) is 20.4 Å². The highest BCUT2D eigenvalue weighted by molar-refractivity contribution is 5.66. The van der Waals surface area contributed by atoms with Crippen LogP contribution in [-0.2, 0) is 13.6 Å². The number of hydrogen-bond acceptors (Lipinski definition) is 3. The van der Waals surface area contributed by atoms with Crippen molar-refractivity contribution in [2.75, 3.05) is 14.2 Å². The zero-order valence-corrected chi connectivity index (χ0v) is 12.2. The monoisotopic (exact) mass is 259 g/mol. The van der Waals surface area contributed by atoms with Crippen LogP contribution in [-0.4, -0.2) is 23.7 Å². The number of benzene rings is 1. The van der Waals surface area contributed by atoms with E-state index in [9.17, 15) is 0 Å². The van der Waals surface area contributed by atoms with E-state index >= 15 is 0 Å². The van der Waals surface area contributed by atoms with Gasteiger partial charge in [0.1, 0.15) is 5.75 Å². The number of methoxy groups -OCH3 is 1. The molecule has 0 atom stereocenters. The third-order valence-electron chi connectivity index (χ3n) is 3.34. The largest absolute Gasteiger partial charge is 0.496 e. The standard InChI is InChI=1S/C15H21N3O/c1-10-6-12(7-11(2)15(10)19-5)14-13(8-16-3)18(4)9-17-14/h6-7,9,16H,8H2,1-5H3. The second-order valence-electron chi connectivity index (χ2n) is 4.82. The summed E-state index contributed by atoms with van der Waals surface area (Å²) in [6.45, 7) is 4.93. The molecule has 1 aromatic heterocycles. The van der Waals surface area contributed by atoms with Gasteiger partial charge < -0.3 is 14.6 Å². The van der Waals surface area contributed by atoms with Crippen molar-refractivity contribution in [3.63, 3.8) is 0 Å². The van der Waals surface area contributed by atoms with E-state index in [1.54, 1.807) is 7.11 Å². The Morgan fingerprint density at radius 2 is 1.89 bits per heavy atom. The lowest BCUT2D eigenvalue weighted by Gasteiger charge is -2.12. The van der Waals surface area contributed by atoms with E-state index in [0.29, 0.717) is 0 Å². The molecule has 2 rings (SSSR count). The molecule has 0 radical (unpaired) electrons. The minimum atomic E-state index is 0.802. The van der Waals surface area contributed by atoms with Gasteiger partial charge in [-0.25, -0.2) is 4.98 Å². The summed E-state index contributed by atoms with van der Waals surface area (Å²) in [4.78, 5) is 4.52. The van der Waals surface area contributed by atoms with E-state index in [4.69, 9.17) is 4.74 Å². The second-order valence-corrected chi connectivity index (χ2v) is 4.82. The number of rotatable bonds is 4. The molecule has 0 aliphatic rings. The molecule has 0 amide bonds. The van der Waals surface area contributed by atoms with Crippen LogP contribution in [0.3, 0.4) is 0 Å². The number of nitrogens with zero attached hydrogens (tertiary/aromatic N) is 2. The third-order valence-corrected chi connectivity index (χ3v) is 3.34. The average Bonchev–Trinajstić information content (AvgIpc) is 2.71. The fraction of sp³-hybridized carbons (Fsp3) is 0.400. The lowest BCUT2D eigenvalue weighted by Crippen LogP contribution is -2.10. The molecule has 0 aliphatic heterocycles. The molecule has 0 spiro atoms. The second kappa shape index (κ2) is 5.45. The predicted octanol–water partition coefficient (Wildman–Crippen LogP) is 2.43. The van der Waals surface area contributed by atoms with Gasteiger partial charge in [0.05, 0.1) is 24.8 Å². The number of imidazole rings is 1. The van der Waals surface area contributed by atoms with Crippen LogP contribution in [0.5, 0.6) is 5.75 Å². The molecule has 1 heterocycles. The molecule has 0 saturated heterocycles. The lowest BCUT2D eigenvalue weighted by molar-refractivity contribution is 0.408. The fourth-order valence-electron chi connectivity index (χ4n) is 2.48. The minimum Gasteiger partial charge on any atom is -0.496 e. The molecule has 0 bridgehead atoms. The Kier molecular flexibility index (Phi) is 3.90. The zero-order valence-electron chi connectivity index (χ0n) is 12.2. The Bertz CT molecular complexity index is 564. The van der Waals surface area contributed by atoms with Crippen molar-refractivity contribution in [3.05, 3.63) is 35.3 Å². The van der Waals surface area contributed by atoms with E-state index in [2.05, 4.69) is 40.8 Å². The summed E-state index contributed by atoms with van der Waals surface area (Å²) in [6, 6.07) is 4.26. The lowest BCUT2D eigenvalue weighted by atomic mass is 10.0. The van der Waals surface area contributed by atoms with Crippen molar-refractivity contribution < 1.29 is 4.74 Å². The SMILES string of the molecule is CNCc1c(-c2cc(C)c(OC)c(C)c2)ncn1C. The maximum atomic E-state index is 5.41. The van der Waals surface area contributed by atoms with Gasteiger partial charge in [0, 0.05) is 19.2 Å². The first-order valence-corrected chi connectivity index (χ1v) is 6.39. The van der Waals surface area contributed by atoms with Crippen LogP contribution in [0.4, 0.5) is 0 Å². The van der Waals surface area contributed by atoms with Crippen LogP contribution < -0.4 is 10.1 Å². The number of aromatic nitrogens is 2. The van der Waals surface area contributed by atoms with Crippen molar-refractivity contribution in [3.8, 4) is 17.0 Å². The minimum absolute atomic E-state index is 0.802. The first-order chi connectivity index (χ1) is 9.08. The van der Waals surface area contributed by atoms with Crippen LogP contribution in [0.25, 0.3) is 11.3 Å². The van der Waals surface area contributed by atoms with Gasteiger partial charge in [-0.3, -0.25) is 0 Å². The van der Waals surface area contributed by atoms with Gasteiger partial charge >= 0.3 is 0 Å². The molecular weight excluding hydrogens is 238 g/mol. The quantitative estimate of drug-likeness (QED) is 0.916. The normalized spacial score (nSPS) is 10.8. The summed E-state index contributed by atoms with van der Waals surface area (Å²) in [7, 11) is 5.68. The first-order valence-electron chi connectivity index (χ1n) is 6.39. The zero-order chi connectivity index (χ0) is 14.0. The summed E-state index contributed by atoms with van der Waals surface area (Å²) in [5, 5.41) is 3.19. The van der Waals surface area contributed by atoms with Crippen LogP contribution in [0.1, 0.15) is 16.8 Å². The molecule has 102 valence electrons. The molecular formula is C15H21N3O. The molecule has 1 aromatic carbocycles. The summed E-state index contributed by atoms with van der Waals surface area (Å²) >= 11 is 0. The number of hydrogen-bond donors (Lipinski definition) is 1. The Morgan fingerprint density at radius 1 is 1.26 bits per heavy atom. The summed E-state index contributed by atoms with van der Waals surface area (Å²) in [5.74, 6) is 0.954. The first kappa shape index (κ1) is 13.6. The number of aryl methyl sites for hydroxylation is 3. The highest BCUT2D eigenvalue weighted by Crippen LogP contribution is 2.30. The fourth-order valence-corrected chi connectivity index (χ4v) is 2.48. The van der Waals surface area contributed by atoms with E-state index in [-0.39, 0.29) is 0 Å². The van der Waals surface area contributed by atoms with Gasteiger partial charge in [-0.05, 0) is 44.2 Å². The van der Waals surface area contributed by atoms with Gasteiger partial charge in [0.25, 0.3) is 0 Å². The van der Waals surface area contributed by atoms with Gasteiger partial charge in [-0.2, -0.15) is 0 Å². The number of nitrogens with one attached hydrogen (secondary N) is 1. The number of ether oxygens (including phenoxy) is 1. The summed E-state index contributed by atoms with van der Waals surface area (Å²) < 4.78 is 7.47. The van der Waals surface area contributed by atoms with Gasteiger partial charge in [-0.1, -0.05) is 0 Å². The van der Waals surface area contributed by atoms with Crippen molar-refractivity contribution >= 4 is 0 Å². The molecule has 0 aliphatic carbocycles. The van der Waals surface area contributed by atoms with Gasteiger partial charge in [0.15, 0.2) is 0 Å². The van der Waals surface area contributed by atoms with Crippen molar-refractivity contribution in [2.24, 2.45) is 7.05 Å². The highest BCUT2D eigenvalue weighted by atomic mass is 16.5. The topological polar surface area (TPSA) is 39.1 Å². The molecule has 4 heteroatoms. The van der Waals surface area contributed by atoms with E-state index in [0.717, 1.165) is 34.7 Å². The van der Waals surface area contributed by atoms with Gasteiger partial charge in [-0.15, -0.1) is 0 Å². The maximum absolute atomic E-state index is 5.41. The third kappa shape index (κ3) is 2.49. The Morgan fingerprint density at radius 3 is 2.42 bits per heavy atom. The molecule has 0 unspecified atom stereocenters. The average molecular weight is 259 g/mol. The van der Waals surface area contributed by atoms with Gasteiger partial charge in [0.2, 0.25) is 0 Å². The van der Waals surface area contributed by atoms with Crippen LogP contribution in [0, 0.1) is 13.8 Å². The Balaban J connectivity index is 2.53. The summed E-state index contributed by atoms with van der Waals surface area (Å²) in [6.07, 6.45) is 1.86. The van der Waals surface area contributed by atoms with Crippen LogP contribution in [0.15, 0.2) is 18.5 Å². The van der Waals surface area contributed by atoms with Crippen LogP contribution in [0.2, 0.25) is 0 Å². The van der Waals surface area contributed by atoms with Crippen molar-refractivity contribution in [2.45, 2.75) is 20.4 Å². The van der Waals surface area contributed by atoms with E-state index in [1.165, 1.54) is 5.69 Å². The molecule has 0 saturated carbocycles. The molecule has 19 heavy (non-hydrogen) atoms. The Hall–Kier alpha value is -1.81. The predicted molar refractivity (Wildman–Crippen MR) is 77.4 cm³/mol. The van der Waals surface area contributed by atoms with Crippen LogP contribution >= 0.6 is 0 Å². The maximum Gasteiger partial charge on any atom is 0.124 e. The Labute approximate surface area is 114 Å². The summed E-state index contributed by atoms with van der Waals surface area (Å²) in [5.41, 5.74) is 5.64. The highest BCUT2D eigenvalue weighted by Gasteiger charge is 2.13. The molecule has 4 nitrogen and oxygen atoms in total. The van der Waals surface area contributed by atoms with Crippen molar-refractivity contribution in [1.82, 2.24) is 14.9 Å². The molecule has 1 N–H and O–H groups in total. The van der Waals surface area contributed by atoms with E-state index < -0.39 is 0 Å². The molecule has 0 fully saturated rings. The van der Waals surface area contributed by atoms with Crippen molar-refractivity contribution in [1.29, 1.82) is 0 Å². The molecule has 2 aromatic rings. The smallest absolute Gasteiger partial charge is 0.124 e.